The maximum absolute atomic E-state index is 13.3. The molecular formula is C33H24Cl2N4O3S2. The lowest BCUT2D eigenvalue weighted by Gasteiger charge is -2.12. The summed E-state index contributed by atoms with van der Waals surface area (Å²) >= 11 is 15.1. The first-order valence-corrected chi connectivity index (χ1v) is 15.8. The minimum atomic E-state index is -0.543. The van der Waals surface area contributed by atoms with Gasteiger partial charge in [0, 0.05) is 37.1 Å². The van der Waals surface area contributed by atoms with Gasteiger partial charge in [0.05, 0.1) is 11.4 Å². The second kappa shape index (κ2) is 14.9. The summed E-state index contributed by atoms with van der Waals surface area (Å²) in [6.45, 7) is 0. The van der Waals surface area contributed by atoms with Crippen LogP contribution in [0.4, 0.5) is 10.8 Å². The fourth-order valence-corrected chi connectivity index (χ4v) is 5.82. The standard InChI is InChI=1S/C33H24Cl2N4O3S2/c34-24-12-11-23(27(35)18-24)17-28(37-31(41)22-9-5-2-6-10-22)32(42)36-25-13-15-26(16-14-25)43-20-30(40)39-33-38-29(19-44-33)21-7-3-1-4-8-21/h1-19H,20H2,(H,36,42)(H,37,41)(H,38,39,40)/b28-17-. The molecule has 5 rings (SSSR count). The Morgan fingerprint density at radius 2 is 1.55 bits per heavy atom. The number of nitrogens with one attached hydrogen (secondary N) is 3. The molecule has 0 aliphatic rings. The number of carbonyl (C=O) groups is 3. The Labute approximate surface area is 272 Å². The van der Waals surface area contributed by atoms with Gasteiger partial charge in [0.2, 0.25) is 5.91 Å². The second-order valence-electron chi connectivity index (χ2n) is 9.26. The monoisotopic (exact) mass is 658 g/mol. The van der Waals surface area contributed by atoms with Crippen molar-refractivity contribution in [1.82, 2.24) is 10.3 Å². The summed E-state index contributed by atoms with van der Waals surface area (Å²) in [5, 5.41) is 11.5. The van der Waals surface area contributed by atoms with E-state index in [0.717, 1.165) is 16.2 Å². The van der Waals surface area contributed by atoms with Gasteiger partial charge in [0.1, 0.15) is 5.70 Å². The van der Waals surface area contributed by atoms with Gasteiger partial charge in [-0.05, 0) is 60.2 Å². The van der Waals surface area contributed by atoms with Gasteiger partial charge in [-0.3, -0.25) is 14.4 Å². The van der Waals surface area contributed by atoms with E-state index in [1.54, 1.807) is 72.8 Å². The summed E-state index contributed by atoms with van der Waals surface area (Å²) in [6.07, 6.45) is 1.49. The van der Waals surface area contributed by atoms with Crippen molar-refractivity contribution in [3.63, 3.8) is 0 Å². The van der Waals surface area contributed by atoms with E-state index in [0.29, 0.717) is 32.0 Å². The fourth-order valence-electron chi connectivity index (χ4n) is 3.93. The first kappa shape index (κ1) is 31.0. The Morgan fingerprint density at radius 1 is 0.841 bits per heavy atom. The van der Waals surface area contributed by atoms with E-state index in [-0.39, 0.29) is 17.4 Å². The van der Waals surface area contributed by atoms with E-state index < -0.39 is 11.8 Å². The third-order valence-electron chi connectivity index (χ3n) is 6.09. The van der Waals surface area contributed by atoms with Gasteiger partial charge in [-0.1, -0.05) is 77.8 Å². The number of aromatic nitrogens is 1. The summed E-state index contributed by atoms with van der Waals surface area (Å²) < 4.78 is 0. The lowest BCUT2D eigenvalue weighted by Crippen LogP contribution is -2.30. The molecule has 3 amide bonds. The van der Waals surface area contributed by atoms with Crippen LogP contribution in [0.2, 0.25) is 10.0 Å². The predicted molar refractivity (Wildman–Crippen MR) is 180 cm³/mol. The van der Waals surface area contributed by atoms with Crippen LogP contribution in [0.1, 0.15) is 15.9 Å². The largest absolute Gasteiger partial charge is 0.321 e. The number of anilines is 2. The van der Waals surface area contributed by atoms with Crippen molar-refractivity contribution < 1.29 is 14.4 Å². The summed E-state index contributed by atoms with van der Waals surface area (Å²) in [4.78, 5) is 44.0. The molecule has 220 valence electrons. The van der Waals surface area contributed by atoms with Gasteiger partial charge < -0.3 is 16.0 Å². The average Bonchev–Trinajstić information content (AvgIpc) is 3.50. The zero-order valence-corrected chi connectivity index (χ0v) is 26.1. The van der Waals surface area contributed by atoms with Gasteiger partial charge >= 0.3 is 0 Å². The molecule has 1 heterocycles. The number of halogens is 2. The number of benzene rings is 4. The van der Waals surface area contributed by atoms with Crippen LogP contribution in [0.15, 0.2) is 119 Å². The van der Waals surface area contributed by atoms with Crippen molar-refractivity contribution in [3.8, 4) is 11.3 Å². The third kappa shape index (κ3) is 8.58. The van der Waals surface area contributed by atoms with Gasteiger partial charge in [0.25, 0.3) is 11.8 Å². The SMILES string of the molecule is O=C(CSc1ccc(NC(=O)/C(=C/c2ccc(Cl)cc2Cl)NC(=O)c2ccccc2)cc1)Nc1nc(-c2ccccc2)cs1. The highest BCUT2D eigenvalue weighted by molar-refractivity contribution is 8.00. The number of hydrogen-bond acceptors (Lipinski definition) is 6. The summed E-state index contributed by atoms with van der Waals surface area (Å²) in [7, 11) is 0. The number of hydrogen-bond donors (Lipinski definition) is 3. The quantitative estimate of drug-likeness (QED) is 0.104. The lowest BCUT2D eigenvalue weighted by molar-refractivity contribution is -0.114. The minimum absolute atomic E-state index is 0.00388. The van der Waals surface area contributed by atoms with E-state index in [2.05, 4.69) is 20.9 Å². The zero-order valence-electron chi connectivity index (χ0n) is 22.9. The molecule has 0 radical (unpaired) electrons. The molecule has 0 aliphatic carbocycles. The molecule has 0 unspecified atom stereocenters. The number of thioether (sulfide) groups is 1. The highest BCUT2D eigenvalue weighted by Crippen LogP contribution is 2.26. The second-order valence-corrected chi connectivity index (χ2v) is 12.0. The fraction of sp³-hybridized carbons (Fsp3) is 0.0303. The first-order chi connectivity index (χ1) is 21.3. The van der Waals surface area contributed by atoms with Crippen molar-refractivity contribution in [2.24, 2.45) is 0 Å². The molecule has 0 aliphatic heterocycles. The molecule has 44 heavy (non-hydrogen) atoms. The van der Waals surface area contributed by atoms with E-state index in [1.807, 2.05) is 35.7 Å². The molecule has 0 atom stereocenters. The van der Waals surface area contributed by atoms with Gasteiger partial charge in [-0.25, -0.2) is 4.98 Å². The summed E-state index contributed by atoms with van der Waals surface area (Å²) in [6, 6.07) is 30.2. The van der Waals surface area contributed by atoms with Crippen molar-refractivity contribution in [2.75, 3.05) is 16.4 Å². The van der Waals surface area contributed by atoms with Crippen LogP contribution in [0.25, 0.3) is 17.3 Å². The number of thiazole rings is 1. The smallest absolute Gasteiger partial charge is 0.272 e. The molecule has 0 fully saturated rings. The molecule has 0 spiro atoms. The first-order valence-electron chi connectivity index (χ1n) is 13.2. The van der Waals surface area contributed by atoms with E-state index in [9.17, 15) is 14.4 Å². The molecule has 4 aromatic carbocycles. The Morgan fingerprint density at radius 3 is 2.25 bits per heavy atom. The van der Waals surface area contributed by atoms with Crippen LogP contribution in [0, 0.1) is 0 Å². The Bertz CT molecular complexity index is 1810. The number of carbonyl (C=O) groups excluding carboxylic acids is 3. The van der Waals surface area contributed by atoms with Crippen molar-refractivity contribution in [2.45, 2.75) is 4.90 Å². The van der Waals surface area contributed by atoms with Crippen LogP contribution < -0.4 is 16.0 Å². The van der Waals surface area contributed by atoms with Crippen molar-refractivity contribution >= 4 is 80.9 Å². The third-order valence-corrected chi connectivity index (χ3v) is 8.43. The average molecular weight is 660 g/mol. The normalized spacial score (nSPS) is 11.1. The van der Waals surface area contributed by atoms with Crippen LogP contribution in [-0.2, 0) is 9.59 Å². The van der Waals surface area contributed by atoms with E-state index >= 15 is 0 Å². The topological polar surface area (TPSA) is 100 Å². The molecule has 3 N–H and O–H groups in total. The summed E-state index contributed by atoms with van der Waals surface area (Å²) in [5.41, 5.74) is 3.20. The molecule has 11 heteroatoms. The number of rotatable bonds is 10. The van der Waals surface area contributed by atoms with Gasteiger partial charge in [0.15, 0.2) is 5.13 Å². The number of nitrogens with zero attached hydrogens (tertiary/aromatic N) is 1. The molecular weight excluding hydrogens is 635 g/mol. The molecule has 7 nitrogen and oxygen atoms in total. The Balaban J connectivity index is 1.20. The highest BCUT2D eigenvalue weighted by Gasteiger charge is 2.16. The van der Waals surface area contributed by atoms with Crippen LogP contribution in [-0.4, -0.2) is 28.5 Å². The molecule has 0 saturated carbocycles. The molecule has 0 saturated heterocycles. The van der Waals surface area contributed by atoms with Crippen LogP contribution in [0.5, 0.6) is 0 Å². The highest BCUT2D eigenvalue weighted by atomic mass is 35.5. The Hall–Kier alpha value is -4.41. The van der Waals surface area contributed by atoms with Crippen LogP contribution >= 0.6 is 46.3 Å². The molecule has 1 aromatic heterocycles. The molecule has 5 aromatic rings. The van der Waals surface area contributed by atoms with E-state index in [4.69, 9.17) is 23.2 Å². The summed E-state index contributed by atoms with van der Waals surface area (Å²) in [5.74, 6) is -0.979. The maximum Gasteiger partial charge on any atom is 0.272 e. The predicted octanol–water partition coefficient (Wildman–Crippen LogP) is 8.26. The van der Waals surface area contributed by atoms with E-state index in [1.165, 1.54) is 29.2 Å². The van der Waals surface area contributed by atoms with Crippen molar-refractivity contribution in [3.05, 3.63) is 135 Å². The zero-order chi connectivity index (χ0) is 30.9. The van der Waals surface area contributed by atoms with Crippen LogP contribution in [0.3, 0.4) is 0 Å². The minimum Gasteiger partial charge on any atom is -0.321 e. The Kier molecular flexibility index (Phi) is 10.5. The maximum atomic E-state index is 13.3. The van der Waals surface area contributed by atoms with Gasteiger partial charge in [-0.15, -0.1) is 23.1 Å². The lowest BCUT2D eigenvalue weighted by atomic mass is 10.1. The van der Waals surface area contributed by atoms with Gasteiger partial charge in [-0.2, -0.15) is 0 Å². The number of amides is 3. The van der Waals surface area contributed by atoms with Crippen molar-refractivity contribution in [1.29, 1.82) is 0 Å². The molecule has 0 bridgehead atoms.